The molecule has 0 aliphatic rings. The molecular formula is C28H29N3O2. The van der Waals surface area contributed by atoms with Crippen molar-refractivity contribution in [1.29, 1.82) is 0 Å². The molecule has 3 aromatic carbocycles. The highest BCUT2D eigenvalue weighted by molar-refractivity contribution is 5.92. The molecule has 1 amide bonds. The first-order valence-corrected chi connectivity index (χ1v) is 11.3. The van der Waals surface area contributed by atoms with Crippen LogP contribution in [0.15, 0.2) is 84.9 Å². The van der Waals surface area contributed by atoms with Crippen molar-refractivity contribution in [1.82, 2.24) is 14.9 Å². The van der Waals surface area contributed by atoms with Crippen molar-refractivity contribution in [2.45, 2.75) is 32.9 Å². The normalized spacial score (nSPS) is 12.2. The number of nitrogens with one attached hydrogen (secondary N) is 1. The molecule has 1 aromatic heterocycles. The number of rotatable bonds is 9. The SMILES string of the molecule is CCc1ccc(OCCn2c(C(C)NC(=O)/C=C\c3ccccc3)nc3ccccc32)cc1. The number of nitrogens with zero attached hydrogens (tertiary/aromatic N) is 2. The lowest BCUT2D eigenvalue weighted by atomic mass is 10.2. The molecule has 5 nitrogen and oxygen atoms in total. The third kappa shape index (κ3) is 5.69. The number of ether oxygens (including phenoxy) is 1. The molecule has 4 rings (SSSR count). The minimum absolute atomic E-state index is 0.155. The Morgan fingerprint density at radius 2 is 1.76 bits per heavy atom. The molecule has 5 heteroatoms. The van der Waals surface area contributed by atoms with Gasteiger partial charge in [0.2, 0.25) is 5.91 Å². The Balaban J connectivity index is 1.46. The molecule has 1 heterocycles. The molecule has 33 heavy (non-hydrogen) atoms. The molecular weight excluding hydrogens is 410 g/mol. The van der Waals surface area contributed by atoms with Crippen LogP contribution in [-0.4, -0.2) is 22.1 Å². The number of amides is 1. The van der Waals surface area contributed by atoms with Crippen LogP contribution in [0.1, 0.15) is 36.8 Å². The Kier molecular flexibility index (Phi) is 7.20. The Morgan fingerprint density at radius 3 is 2.52 bits per heavy atom. The van der Waals surface area contributed by atoms with Crippen LogP contribution >= 0.6 is 0 Å². The van der Waals surface area contributed by atoms with Crippen molar-refractivity contribution >= 4 is 23.0 Å². The third-order valence-electron chi connectivity index (χ3n) is 5.57. The number of benzene rings is 3. The van der Waals surface area contributed by atoms with Crippen LogP contribution in [0.2, 0.25) is 0 Å². The summed E-state index contributed by atoms with van der Waals surface area (Å²) < 4.78 is 8.11. The Bertz CT molecular complexity index is 1230. The van der Waals surface area contributed by atoms with Crippen LogP contribution in [0, 0.1) is 0 Å². The van der Waals surface area contributed by atoms with Gasteiger partial charge in [-0.1, -0.05) is 61.5 Å². The maximum atomic E-state index is 12.5. The number of hydrogen-bond donors (Lipinski definition) is 1. The second kappa shape index (κ2) is 10.6. The molecule has 0 spiro atoms. The first-order chi connectivity index (χ1) is 16.1. The van der Waals surface area contributed by atoms with E-state index in [-0.39, 0.29) is 11.9 Å². The molecule has 0 saturated carbocycles. The molecule has 1 atom stereocenters. The van der Waals surface area contributed by atoms with Gasteiger partial charge in [-0.15, -0.1) is 0 Å². The number of aromatic nitrogens is 2. The highest BCUT2D eigenvalue weighted by Gasteiger charge is 2.17. The summed E-state index contributed by atoms with van der Waals surface area (Å²) in [5.41, 5.74) is 4.20. The van der Waals surface area contributed by atoms with Crippen molar-refractivity contribution in [3.05, 3.63) is 102 Å². The number of imidazole rings is 1. The van der Waals surface area contributed by atoms with Gasteiger partial charge in [0, 0.05) is 6.08 Å². The smallest absolute Gasteiger partial charge is 0.244 e. The second-order valence-corrected chi connectivity index (χ2v) is 7.93. The molecule has 168 valence electrons. The van der Waals surface area contributed by atoms with E-state index < -0.39 is 0 Å². The van der Waals surface area contributed by atoms with E-state index in [9.17, 15) is 4.79 Å². The highest BCUT2D eigenvalue weighted by atomic mass is 16.5. The first kappa shape index (κ1) is 22.3. The number of fused-ring (bicyclic) bond motifs is 1. The predicted octanol–water partition coefficient (Wildman–Crippen LogP) is 5.57. The molecule has 4 aromatic rings. The fourth-order valence-electron chi connectivity index (χ4n) is 3.80. The lowest BCUT2D eigenvalue weighted by Crippen LogP contribution is -2.27. The topological polar surface area (TPSA) is 56.1 Å². The zero-order valence-corrected chi connectivity index (χ0v) is 19.1. The summed E-state index contributed by atoms with van der Waals surface area (Å²) in [4.78, 5) is 17.3. The number of hydrogen-bond acceptors (Lipinski definition) is 3. The van der Waals surface area contributed by atoms with Gasteiger partial charge in [-0.25, -0.2) is 4.98 Å². The summed E-state index contributed by atoms with van der Waals surface area (Å²) in [6.07, 6.45) is 4.37. The van der Waals surface area contributed by atoms with E-state index in [1.54, 1.807) is 6.08 Å². The van der Waals surface area contributed by atoms with Crippen molar-refractivity contribution < 1.29 is 9.53 Å². The molecule has 0 saturated heterocycles. The minimum Gasteiger partial charge on any atom is -0.492 e. The molecule has 0 aliphatic heterocycles. The van der Waals surface area contributed by atoms with E-state index in [0.717, 1.165) is 34.6 Å². The highest BCUT2D eigenvalue weighted by Crippen LogP contribution is 2.21. The lowest BCUT2D eigenvalue weighted by molar-refractivity contribution is -0.117. The fraction of sp³-hybridized carbons (Fsp3) is 0.214. The summed E-state index contributed by atoms with van der Waals surface area (Å²) in [6.45, 7) is 5.23. The van der Waals surface area contributed by atoms with Gasteiger partial charge in [-0.3, -0.25) is 4.79 Å². The summed E-state index contributed by atoms with van der Waals surface area (Å²) in [5, 5.41) is 3.04. The van der Waals surface area contributed by atoms with Gasteiger partial charge in [0.25, 0.3) is 0 Å². The average molecular weight is 440 g/mol. The second-order valence-electron chi connectivity index (χ2n) is 7.93. The summed E-state index contributed by atoms with van der Waals surface area (Å²) >= 11 is 0. The molecule has 0 fully saturated rings. The first-order valence-electron chi connectivity index (χ1n) is 11.3. The van der Waals surface area contributed by atoms with Gasteiger partial charge in [-0.05, 0) is 54.8 Å². The summed E-state index contributed by atoms with van der Waals surface area (Å²) in [5.74, 6) is 1.50. The molecule has 1 N–H and O–H groups in total. The van der Waals surface area contributed by atoms with Crippen LogP contribution in [0.5, 0.6) is 5.75 Å². The van der Waals surface area contributed by atoms with Crippen LogP contribution in [0.25, 0.3) is 17.1 Å². The Morgan fingerprint density at radius 1 is 1.03 bits per heavy atom. The number of aryl methyl sites for hydroxylation is 1. The number of para-hydroxylation sites is 2. The number of carbonyl (C=O) groups is 1. The fourth-order valence-corrected chi connectivity index (χ4v) is 3.80. The van der Waals surface area contributed by atoms with E-state index in [0.29, 0.717) is 13.2 Å². The number of carbonyl (C=O) groups excluding carboxylic acids is 1. The van der Waals surface area contributed by atoms with Crippen LogP contribution < -0.4 is 10.1 Å². The zero-order valence-electron chi connectivity index (χ0n) is 19.1. The maximum Gasteiger partial charge on any atom is 0.244 e. The Labute approximate surface area is 194 Å². The van der Waals surface area contributed by atoms with Crippen LogP contribution in [0.3, 0.4) is 0 Å². The van der Waals surface area contributed by atoms with Gasteiger partial charge in [0.05, 0.1) is 23.6 Å². The lowest BCUT2D eigenvalue weighted by Gasteiger charge is -2.16. The minimum atomic E-state index is -0.255. The van der Waals surface area contributed by atoms with Gasteiger partial charge >= 0.3 is 0 Å². The standard InChI is InChI=1S/C28H29N3O2/c1-3-22-13-16-24(17-14-22)33-20-19-31-26-12-8-7-11-25(26)30-28(31)21(2)29-27(32)18-15-23-9-5-4-6-10-23/h4-18,21H,3,19-20H2,1-2H3,(H,29,32)/b18-15-. The largest absolute Gasteiger partial charge is 0.492 e. The van der Waals surface area contributed by atoms with Crippen LogP contribution in [-0.2, 0) is 17.8 Å². The summed E-state index contributed by atoms with van der Waals surface area (Å²) in [7, 11) is 0. The van der Waals surface area contributed by atoms with Gasteiger partial charge in [-0.2, -0.15) is 0 Å². The maximum absolute atomic E-state index is 12.5. The van der Waals surface area contributed by atoms with Crippen molar-refractivity contribution in [3.63, 3.8) is 0 Å². The average Bonchev–Trinajstić information content (AvgIpc) is 3.23. The third-order valence-corrected chi connectivity index (χ3v) is 5.57. The van der Waals surface area contributed by atoms with E-state index in [2.05, 4.69) is 28.9 Å². The summed E-state index contributed by atoms with van der Waals surface area (Å²) in [6, 6.07) is 25.7. The van der Waals surface area contributed by atoms with E-state index in [4.69, 9.17) is 9.72 Å². The molecule has 0 radical (unpaired) electrons. The Hall–Kier alpha value is -3.86. The van der Waals surface area contributed by atoms with Gasteiger partial charge < -0.3 is 14.6 Å². The zero-order chi connectivity index (χ0) is 23.0. The van der Waals surface area contributed by atoms with Gasteiger partial charge in [0.15, 0.2) is 0 Å². The van der Waals surface area contributed by atoms with E-state index in [1.807, 2.05) is 79.7 Å². The van der Waals surface area contributed by atoms with Crippen molar-refractivity contribution in [2.24, 2.45) is 0 Å². The molecule has 0 aliphatic carbocycles. The molecule has 0 bridgehead atoms. The molecule has 1 unspecified atom stereocenters. The van der Waals surface area contributed by atoms with Crippen LogP contribution in [0.4, 0.5) is 0 Å². The van der Waals surface area contributed by atoms with E-state index in [1.165, 1.54) is 5.56 Å². The predicted molar refractivity (Wildman–Crippen MR) is 133 cm³/mol. The van der Waals surface area contributed by atoms with E-state index >= 15 is 0 Å². The van der Waals surface area contributed by atoms with Crippen molar-refractivity contribution in [2.75, 3.05) is 6.61 Å². The van der Waals surface area contributed by atoms with Gasteiger partial charge in [0.1, 0.15) is 18.2 Å². The van der Waals surface area contributed by atoms with Crippen molar-refractivity contribution in [3.8, 4) is 5.75 Å². The quantitative estimate of drug-likeness (QED) is 0.347. The monoisotopic (exact) mass is 439 g/mol.